The van der Waals surface area contributed by atoms with Crippen molar-refractivity contribution in [2.45, 2.75) is 44.6 Å². The molecule has 2 aromatic rings. The van der Waals surface area contributed by atoms with E-state index in [4.69, 9.17) is 14.4 Å². The smallest absolute Gasteiger partial charge is 0.341 e. The number of rotatable bonds is 10. The molecule has 0 saturated heterocycles. The Bertz CT molecular complexity index is 783. The number of nitrogens with zero attached hydrogens (tertiary/aromatic N) is 3. The van der Waals surface area contributed by atoms with E-state index in [0.29, 0.717) is 43.4 Å². The highest BCUT2D eigenvalue weighted by molar-refractivity contribution is 5.75. The second-order valence-corrected chi connectivity index (χ2v) is 6.75. The molecule has 8 nitrogen and oxygen atoms in total. The number of ether oxygens (including phenoxy) is 1. The zero-order valence-corrected chi connectivity index (χ0v) is 15.3. The first-order valence-corrected chi connectivity index (χ1v) is 9.01. The first-order chi connectivity index (χ1) is 13.0. The summed E-state index contributed by atoms with van der Waals surface area (Å²) >= 11 is 0. The van der Waals surface area contributed by atoms with Gasteiger partial charge in [0.1, 0.15) is 5.75 Å². The molecule has 1 N–H and O–H groups in total. The van der Waals surface area contributed by atoms with Crippen molar-refractivity contribution in [2.24, 2.45) is 0 Å². The van der Waals surface area contributed by atoms with Crippen molar-refractivity contribution >= 4 is 11.9 Å². The molecule has 0 spiro atoms. The second-order valence-electron chi connectivity index (χ2n) is 6.75. The maximum Gasteiger partial charge on any atom is 0.341 e. The lowest BCUT2D eigenvalue weighted by atomic mass is 10.2. The van der Waals surface area contributed by atoms with Crippen LogP contribution in [0.3, 0.4) is 0 Å². The van der Waals surface area contributed by atoms with E-state index in [-0.39, 0.29) is 12.5 Å². The van der Waals surface area contributed by atoms with E-state index in [1.807, 2.05) is 12.1 Å². The lowest BCUT2D eigenvalue weighted by Gasteiger charge is -2.17. The van der Waals surface area contributed by atoms with Crippen LogP contribution in [0.25, 0.3) is 0 Å². The van der Waals surface area contributed by atoms with E-state index in [1.54, 1.807) is 24.1 Å². The molecule has 0 atom stereocenters. The summed E-state index contributed by atoms with van der Waals surface area (Å²) in [6.45, 7) is 0.102. The van der Waals surface area contributed by atoms with E-state index >= 15 is 0 Å². The maximum atomic E-state index is 12.3. The number of carboxylic acid groups (broad SMARTS) is 1. The van der Waals surface area contributed by atoms with Crippen LogP contribution in [0.4, 0.5) is 0 Å². The van der Waals surface area contributed by atoms with Gasteiger partial charge < -0.3 is 19.3 Å². The first kappa shape index (κ1) is 18.9. The van der Waals surface area contributed by atoms with Crippen LogP contribution in [-0.4, -0.2) is 45.7 Å². The molecule has 3 rings (SSSR count). The average molecular weight is 373 g/mol. The fourth-order valence-corrected chi connectivity index (χ4v) is 2.66. The summed E-state index contributed by atoms with van der Waals surface area (Å²) in [6, 6.07) is 7.03. The van der Waals surface area contributed by atoms with Gasteiger partial charge in [-0.2, -0.15) is 4.98 Å². The van der Waals surface area contributed by atoms with Crippen LogP contribution in [0.2, 0.25) is 0 Å². The van der Waals surface area contributed by atoms with Crippen molar-refractivity contribution in [3.63, 3.8) is 0 Å². The number of amides is 1. The average Bonchev–Trinajstić information content (AvgIpc) is 3.40. The van der Waals surface area contributed by atoms with Crippen LogP contribution >= 0.6 is 0 Å². The zero-order valence-electron chi connectivity index (χ0n) is 15.3. The summed E-state index contributed by atoms with van der Waals surface area (Å²) in [6.07, 6.45) is 3.95. The van der Waals surface area contributed by atoms with Gasteiger partial charge in [-0.1, -0.05) is 17.3 Å². The van der Waals surface area contributed by atoms with E-state index in [9.17, 15) is 9.59 Å². The summed E-state index contributed by atoms with van der Waals surface area (Å²) in [5.74, 6) is 1.38. The molecule has 1 heterocycles. The van der Waals surface area contributed by atoms with Crippen molar-refractivity contribution in [1.82, 2.24) is 15.0 Å². The number of carboxylic acids is 1. The number of aryl methyl sites for hydroxylation is 1. The van der Waals surface area contributed by atoms with Gasteiger partial charge in [0, 0.05) is 32.4 Å². The fourth-order valence-electron chi connectivity index (χ4n) is 2.66. The first-order valence-electron chi connectivity index (χ1n) is 9.01. The quantitative estimate of drug-likeness (QED) is 0.681. The second kappa shape index (κ2) is 8.66. The topological polar surface area (TPSA) is 106 Å². The van der Waals surface area contributed by atoms with Gasteiger partial charge in [-0.05, 0) is 37.0 Å². The summed E-state index contributed by atoms with van der Waals surface area (Å²) in [7, 11) is 1.76. The molecule has 1 aromatic heterocycles. The van der Waals surface area contributed by atoms with Gasteiger partial charge in [0.25, 0.3) is 0 Å². The van der Waals surface area contributed by atoms with Crippen molar-refractivity contribution in [3.05, 3.63) is 41.5 Å². The Morgan fingerprint density at radius 2 is 2.04 bits per heavy atom. The number of hydrogen-bond acceptors (Lipinski definition) is 6. The molecule has 0 radical (unpaired) electrons. The molecule has 8 heteroatoms. The standard InChI is InChI=1S/C19H23N3O5/c1-22(11-13-5-9-15(10-6-13)26-12-18(24)25)17(23)4-2-3-16-20-19(21-27-16)14-7-8-14/h5-6,9-10,14H,2-4,7-8,11-12H2,1H3,(H,24,25). The SMILES string of the molecule is CN(Cc1ccc(OCC(=O)O)cc1)C(=O)CCCc1nc(C2CC2)no1. The molecule has 1 saturated carbocycles. The highest BCUT2D eigenvalue weighted by Gasteiger charge is 2.28. The molecule has 144 valence electrons. The molecule has 1 aliphatic rings. The lowest BCUT2D eigenvalue weighted by molar-refractivity contribution is -0.139. The van der Waals surface area contributed by atoms with Gasteiger partial charge in [0.2, 0.25) is 11.8 Å². The largest absolute Gasteiger partial charge is 0.482 e. The third-order valence-electron chi connectivity index (χ3n) is 4.34. The number of aromatic nitrogens is 2. The van der Waals surface area contributed by atoms with Gasteiger partial charge in [0.05, 0.1) is 0 Å². The number of hydrogen-bond donors (Lipinski definition) is 1. The van der Waals surface area contributed by atoms with E-state index in [0.717, 1.165) is 24.2 Å². The third-order valence-corrected chi connectivity index (χ3v) is 4.34. The molecule has 1 aliphatic carbocycles. The van der Waals surface area contributed by atoms with E-state index in [1.165, 1.54) is 0 Å². The Morgan fingerprint density at radius 3 is 2.70 bits per heavy atom. The number of carbonyl (C=O) groups is 2. The maximum absolute atomic E-state index is 12.3. The lowest BCUT2D eigenvalue weighted by Crippen LogP contribution is -2.26. The van der Waals surface area contributed by atoms with Crippen molar-refractivity contribution in [2.75, 3.05) is 13.7 Å². The summed E-state index contributed by atoms with van der Waals surface area (Å²) in [5.41, 5.74) is 0.944. The van der Waals surface area contributed by atoms with Crippen LogP contribution in [0.15, 0.2) is 28.8 Å². The molecule has 0 aliphatic heterocycles. The normalized spacial score (nSPS) is 13.4. The minimum atomic E-state index is -1.02. The third kappa shape index (κ3) is 5.80. The van der Waals surface area contributed by atoms with Crippen LogP contribution in [0.5, 0.6) is 5.75 Å². The van der Waals surface area contributed by atoms with Gasteiger partial charge in [-0.15, -0.1) is 0 Å². The van der Waals surface area contributed by atoms with E-state index < -0.39 is 5.97 Å². The van der Waals surface area contributed by atoms with Crippen molar-refractivity contribution < 1.29 is 24.0 Å². The zero-order chi connectivity index (χ0) is 19.2. The van der Waals surface area contributed by atoms with Crippen LogP contribution in [0, 0.1) is 0 Å². The molecule has 27 heavy (non-hydrogen) atoms. The Labute approximate surface area is 157 Å². The van der Waals surface area contributed by atoms with Crippen molar-refractivity contribution in [1.29, 1.82) is 0 Å². The van der Waals surface area contributed by atoms with Crippen molar-refractivity contribution in [3.8, 4) is 5.75 Å². The monoisotopic (exact) mass is 373 g/mol. The minimum absolute atomic E-state index is 0.0446. The van der Waals surface area contributed by atoms with E-state index in [2.05, 4.69) is 10.1 Å². The van der Waals surface area contributed by atoms with Gasteiger partial charge >= 0.3 is 5.97 Å². The van der Waals surface area contributed by atoms with Crippen LogP contribution < -0.4 is 4.74 Å². The predicted octanol–water partition coefficient (Wildman–Crippen LogP) is 2.39. The molecular weight excluding hydrogens is 350 g/mol. The van der Waals surface area contributed by atoms with Gasteiger partial charge in [-0.3, -0.25) is 4.79 Å². The predicted molar refractivity (Wildman–Crippen MR) is 95.3 cm³/mol. The highest BCUT2D eigenvalue weighted by Crippen LogP contribution is 2.38. The molecular formula is C19H23N3O5. The van der Waals surface area contributed by atoms with Crippen LogP contribution in [0.1, 0.15) is 48.9 Å². The number of carbonyl (C=O) groups excluding carboxylic acids is 1. The Morgan fingerprint density at radius 1 is 1.30 bits per heavy atom. The Kier molecular flexibility index (Phi) is 6.05. The van der Waals surface area contributed by atoms with Gasteiger partial charge in [-0.25, -0.2) is 4.79 Å². The number of benzene rings is 1. The fraction of sp³-hybridized carbons (Fsp3) is 0.474. The van der Waals surface area contributed by atoms with Crippen LogP contribution in [-0.2, 0) is 22.6 Å². The molecule has 0 bridgehead atoms. The number of aliphatic carboxylic acids is 1. The Hall–Kier alpha value is -2.90. The molecule has 0 unspecified atom stereocenters. The molecule has 1 fully saturated rings. The summed E-state index contributed by atoms with van der Waals surface area (Å²) in [4.78, 5) is 28.8. The summed E-state index contributed by atoms with van der Waals surface area (Å²) < 4.78 is 10.3. The summed E-state index contributed by atoms with van der Waals surface area (Å²) in [5, 5.41) is 12.6. The molecule has 1 amide bonds. The Balaban J connectivity index is 1.39. The van der Waals surface area contributed by atoms with Gasteiger partial charge in [0.15, 0.2) is 12.4 Å². The highest BCUT2D eigenvalue weighted by atomic mass is 16.5. The minimum Gasteiger partial charge on any atom is -0.482 e. The molecule has 1 aromatic carbocycles.